The van der Waals surface area contributed by atoms with Crippen LogP contribution >= 0.6 is 0 Å². The van der Waals surface area contributed by atoms with Gasteiger partial charge in [-0.05, 0) is 221 Å². The molecule has 76 heavy (non-hydrogen) atoms. The molecule has 8 bridgehead atoms. The molecule has 0 saturated heterocycles. The van der Waals surface area contributed by atoms with Gasteiger partial charge in [0.2, 0.25) is 0 Å². The Labute approximate surface area is 441 Å². The summed E-state index contributed by atoms with van der Waals surface area (Å²) in [6.07, 6.45) is 6.71. The number of rotatable bonds is 8. The van der Waals surface area contributed by atoms with Gasteiger partial charge < -0.3 is 28.2 Å². The molecule has 394 valence electrons. The lowest BCUT2D eigenvalue weighted by atomic mass is 9.92. The molecule has 0 saturated carbocycles. The molecule has 9 rings (SSSR count). The molecular weight excluding hydrogens is 1050 g/mol. The Morgan fingerprint density at radius 1 is 0.303 bits per heavy atom. The molecule has 0 unspecified atom stereocenters. The van der Waals surface area contributed by atoms with Crippen molar-refractivity contribution in [2.24, 2.45) is 0 Å². The Morgan fingerprint density at radius 2 is 0.487 bits per heavy atom. The number of aryl methyl sites for hydroxylation is 8. The Balaban J connectivity index is 1.62. The van der Waals surface area contributed by atoms with Crippen molar-refractivity contribution in [1.29, 1.82) is 0 Å². The van der Waals surface area contributed by atoms with E-state index in [9.17, 15) is 51.9 Å². The van der Waals surface area contributed by atoms with Crippen molar-refractivity contribution in [3.8, 4) is 44.5 Å². The van der Waals surface area contributed by atoms with Crippen LogP contribution in [0, 0.1) is 83.1 Å². The molecule has 2 N–H and O–H groups in total. The van der Waals surface area contributed by atoms with Crippen molar-refractivity contribution in [1.82, 2.24) is 19.9 Å². The number of fused-ring (bicyclic) bond motifs is 8. The molecule has 0 aliphatic carbocycles. The highest BCUT2D eigenvalue weighted by Gasteiger charge is 2.28. The Kier molecular flexibility index (Phi) is 13.1. The van der Waals surface area contributed by atoms with Gasteiger partial charge in [0.15, 0.2) is 0 Å². The van der Waals surface area contributed by atoms with Gasteiger partial charge in [-0.1, -0.05) is 24.3 Å². The summed E-state index contributed by atoms with van der Waals surface area (Å²) < 4.78 is 157. The maximum absolute atomic E-state index is 13.0. The van der Waals surface area contributed by atoms with Crippen molar-refractivity contribution in [3.63, 3.8) is 0 Å². The van der Waals surface area contributed by atoms with Gasteiger partial charge in [-0.15, -0.1) is 0 Å². The van der Waals surface area contributed by atoms with Crippen LogP contribution in [0.25, 0.3) is 90.9 Å². The monoisotopic (exact) mass is 1100 g/mol. The third-order valence-electron chi connectivity index (χ3n) is 14.4. The zero-order valence-corrected chi connectivity index (χ0v) is 46.6. The van der Waals surface area contributed by atoms with Crippen LogP contribution in [-0.2, 0) is 40.5 Å². The van der Waals surface area contributed by atoms with E-state index in [1.54, 1.807) is 101 Å². The van der Waals surface area contributed by atoms with Crippen molar-refractivity contribution < 1.29 is 51.9 Å². The van der Waals surface area contributed by atoms with Crippen LogP contribution in [0.5, 0.6) is 0 Å². The van der Waals surface area contributed by atoms with E-state index in [0.717, 1.165) is 0 Å². The van der Waals surface area contributed by atoms with Crippen molar-refractivity contribution >= 4 is 86.8 Å². The molecule has 0 spiro atoms. The standard InChI is InChI=1S/C56H54N4O12S4/c1-25-21-29(5)53(73(61,62)63)33(9)45(25)49-37-13-15-39(57-37)50(46-26(2)22-30(6)54(34(46)10)74(64,65)66)41-17-19-43(59-41)52(48-28(4)24-32(8)56(36(48)12)76(70,71)72)44-20-18-42(60-44)51(40-16-14-38(49)58-40)47-27(3)23-31(7)55(35(47)11)75(67,68)69/h13-24,57,60H,1-12H3,(H,61,62,63)(H,64,65,66)(H,67,68,69)(H,70,71,72)/p-4. The van der Waals surface area contributed by atoms with Crippen LogP contribution in [-0.4, -0.2) is 71.8 Å². The molecule has 0 atom stereocenters. The fourth-order valence-corrected chi connectivity index (χ4v) is 15.7. The lowest BCUT2D eigenvalue weighted by Crippen LogP contribution is -2.07. The number of hydrogen-bond donors (Lipinski definition) is 2. The normalized spacial score (nSPS) is 13.1. The summed E-state index contributed by atoms with van der Waals surface area (Å²) in [6.45, 7) is 19.3. The lowest BCUT2D eigenvalue weighted by Gasteiger charge is -2.21. The quantitative estimate of drug-likeness (QED) is 0.134. The minimum atomic E-state index is -5.06. The first-order valence-corrected chi connectivity index (χ1v) is 29.3. The lowest BCUT2D eigenvalue weighted by molar-refractivity contribution is 0.459. The summed E-state index contributed by atoms with van der Waals surface area (Å²) >= 11 is 0. The highest BCUT2D eigenvalue weighted by Crippen LogP contribution is 2.46. The van der Waals surface area contributed by atoms with E-state index in [0.29, 0.717) is 88.8 Å². The molecule has 20 heteroatoms. The summed E-state index contributed by atoms with van der Waals surface area (Å²) in [4.78, 5) is 15.7. The third kappa shape index (κ3) is 8.95. The van der Waals surface area contributed by atoms with E-state index in [2.05, 4.69) is 9.97 Å². The minimum absolute atomic E-state index is 0.131. The zero-order valence-electron chi connectivity index (χ0n) is 43.4. The maximum atomic E-state index is 13.0. The smallest absolute Gasteiger partial charge is 0.124 e. The Hall–Kier alpha value is -6.88. The number of H-pyrrole nitrogens is 2. The molecule has 5 heterocycles. The molecule has 0 amide bonds. The topological polar surface area (TPSA) is 286 Å². The predicted molar refractivity (Wildman–Crippen MR) is 289 cm³/mol. The molecule has 16 nitrogen and oxygen atoms in total. The van der Waals surface area contributed by atoms with Gasteiger partial charge >= 0.3 is 0 Å². The Morgan fingerprint density at radius 3 is 0.658 bits per heavy atom. The number of nitrogens with one attached hydrogen (secondary N) is 2. The van der Waals surface area contributed by atoms with Gasteiger partial charge in [0.25, 0.3) is 0 Å². The highest BCUT2D eigenvalue weighted by atomic mass is 32.2. The molecule has 3 aromatic heterocycles. The second kappa shape index (κ2) is 18.4. The van der Waals surface area contributed by atoms with E-state index in [1.165, 1.54) is 55.4 Å². The van der Waals surface area contributed by atoms with Crippen LogP contribution < -0.4 is 0 Å². The first-order valence-electron chi connectivity index (χ1n) is 23.7. The summed E-state index contributed by atoms with van der Waals surface area (Å²) in [5.41, 5.74) is 8.76. The number of aromatic amines is 2. The van der Waals surface area contributed by atoms with Crippen molar-refractivity contribution in [2.45, 2.75) is 103 Å². The molecule has 2 aliphatic heterocycles. The van der Waals surface area contributed by atoms with Crippen LogP contribution in [0.2, 0.25) is 0 Å². The largest absolute Gasteiger partial charge is 0.744 e. The number of nitrogens with zero attached hydrogens (tertiary/aromatic N) is 2. The predicted octanol–water partition coefficient (Wildman–Crippen LogP) is 10.6. The van der Waals surface area contributed by atoms with E-state index >= 15 is 0 Å². The fourth-order valence-electron chi connectivity index (χ4n) is 12.0. The van der Waals surface area contributed by atoms with Crippen LogP contribution in [0.1, 0.15) is 89.5 Å². The molecule has 4 aromatic carbocycles. The fraction of sp³-hybridized carbons (Fsp3) is 0.214. The van der Waals surface area contributed by atoms with Crippen LogP contribution in [0.3, 0.4) is 0 Å². The number of hydrogen-bond acceptors (Lipinski definition) is 14. The SMILES string of the molecule is Cc1cc(C)c(S(=O)(=O)[O-])c(C)c1-c1c2nc(c(-c3c(C)cc(C)c(S(=O)(=O)[O-])c3C)c3ccc([nH]3)c(-c3c(C)cc(C)c(S(=O)(=O)[O-])c3C)c3nc(c(-c4c(C)cc(C)c(S(=O)(=O)[O-])c4C)c4ccc1[nH]4)C=C3)C=C2. The van der Waals surface area contributed by atoms with Gasteiger partial charge in [-0.2, -0.15) is 0 Å². The summed E-state index contributed by atoms with van der Waals surface area (Å²) in [5.74, 6) is 0. The average molecular weight is 1100 g/mol. The molecule has 2 aliphatic rings. The summed E-state index contributed by atoms with van der Waals surface area (Å²) in [6, 6.07) is 13.2. The third-order valence-corrected chi connectivity index (χ3v) is 18.9. The van der Waals surface area contributed by atoms with E-state index < -0.39 is 60.1 Å². The van der Waals surface area contributed by atoms with Gasteiger partial charge in [-0.3, -0.25) is 0 Å². The van der Waals surface area contributed by atoms with Crippen molar-refractivity contribution in [3.05, 3.63) is 138 Å². The van der Waals surface area contributed by atoms with Crippen LogP contribution in [0.4, 0.5) is 0 Å². The van der Waals surface area contributed by atoms with E-state index in [1.807, 2.05) is 0 Å². The molecule has 0 fully saturated rings. The van der Waals surface area contributed by atoms with Gasteiger partial charge in [-0.25, -0.2) is 43.6 Å². The first kappa shape index (κ1) is 53.9. The Bertz CT molecular complexity index is 3960. The number of aromatic nitrogens is 4. The summed E-state index contributed by atoms with van der Waals surface area (Å²) in [7, 11) is -20.2. The van der Waals surface area contributed by atoms with E-state index in [-0.39, 0.29) is 67.3 Å². The van der Waals surface area contributed by atoms with Gasteiger partial charge in [0.1, 0.15) is 40.5 Å². The van der Waals surface area contributed by atoms with Crippen molar-refractivity contribution in [2.75, 3.05) is 0 Å². The summed E-state index contributed by atoms with van der Waals surface area (Å²) in [5, 5.41) is 0. The zero-order chi connectivity index (χ0) is 55.8. The maximum Gasteiger partial charge on any atom is 0.124 e. The van der Waals surface area contributed by atoms with E-state index in [4.69, 9.17) is 9.97 Å². The molecule has 0 radical (unpaired) electrons. The first-order chi connectivity index (χ1) is 35.2. The second-order valence-corrected chi connectivity index (χ2v) is 24.9. The van der Waals surface area contributed by atoms with Gasteiger partial charge in [0, 0.05) is 44.3 Å². The molecular formula is C56H50N4O12S4-4. The second-order valence-electron chi connectivity index (χ2n) is 19.7. The number of benzene rings is 4. The van der Waals surface area contributed by atoms with Crippen LogP contribution in [0.15, 0.2) is 68.1 Å². The average Bonchev–Trinajstić information content (AvgIpc) is 4.12. The highest BCUT2D eigenvalue weighted by molar-refractivity contribution is 7.86. The minimum Gasteiger partial charge on any atom is -0.744 e. The molecule has 7 aromatic rings. The van der Waals surface area contributed by atoms with Gasteiger partial charge in [0.05, 0.1) is 42.4 Å².